The number of unbranched alkanes of at least 4 members (excludes halogenated alkanes) is 10. The number of hydrogen-bond donors (Lipinski definition) is 1. The van der Waals surface area contributed by atoms with Gasteiger partial charge in [0, 0.05) is 6.42 Å². The molecule has 144 valence electrons. The molecule has 1 aliphatic carbocycles. The third-order valence-corrected chi connectivity index (χ3v) is 5.19. The molecule has 0 heterocycles. The molecule has 0 aromatic carbocycles. The van der Waals surface area contributed by atoms with E-state index in [0.717, 1.165) is 24.7 Å². The molecule has 0 aliphatic heterocycles. The molecule has 0 amide bonds. The van der Waals surface area contributed by atoms with E-state index < -0.39 is 5.97 Å². The number of carbonyl (C=O) groups is 1. The lowest BCUT2D eigenvalue weighted by molar-refractivity contribution is -0.137. The lowest BCUT2D eigenvalue weighted by Gasteiger charge is -2.22. The van der Waals surface area contributed by atoms with Crippen molar-refractivity contribution in [1.29, 1.82) is 0 Å². The second kappa shape index (κ2) is 17.3. The van der Waals surface area contributed by atoms with Crippen LogP contribution in [0.5, 0.6) is 0 Å². The molecule has 0 saturated heterocycles. The summed E-state index contributed by atoms with van der Waals surface area (Å²) in [6.07, 6.45) is 20.3. The molecule has 1 aliphatic rings. The summed E-state index contributed by atoms with van der Waals surface area (Å²) >= 11 is 0. The fraction of sp³-hybridized carbons (Fsp3) is 0.955. The Kier molecular flexibility index (Phi) is 16.9. The Morgan fingerprint density at radius 3 is 1.54 bits per heavy atom. The van der Waals surface area contributed by atoms with Gasteiger partial charge in [0.25, 0.3) is 0 Å². The summed E-state index contributed by atoms with van der Waals surface area (Å²) in [4.78, 5) is 10.3. The van der Waals surface area contributed by atoms with Crippen molar-refractivity contribution in [2.45, 2.75) is 124 Å². The molecule has 1 saturated carbocycles. The molecule has 1 N–H and O–H groups in total. The first-order valence-electron chi connectivity index (χ1n) is 10.8. The Morgan fingerprint density at radius 1 is 0.792 bits per heavy atom. The number of hydrogen-bond acceptors (Lipinski definition) is 1. The van der Waals surface area contributed by atoms with Gasteiger partial charge in [0.05, 0.1) is 0 Å². The Labute approximate surface area is 151 Å². The predicted molar refractivity (Wildman–Crippen MR) is 106 cm³/mol. The topological polar surface area (TPSA) is 37.3 Å². The van der Waals surface area contributed by atoms with Crippen LogP contribution in [0.4, 0.5) is 0 Å². The summed E-state index contributed by atoms with van der Waals surface area (Å²) in [5.74, 6) is 1.37. The van der Waals surface area contributed by atoms with Crippen LogP contribution in [0.2, 0.25) is 0 Å². The van der Waals surface area contributed by atoms with Crippen LogP contribution >= 0.6 is 0 Å². The minimum atomic E-state index is -0.657. The zero-order valence-corrected chi connectivity index (χ0v) is 16.8. The first-order chi connectivity index (χ1) is 11.6. The molecule has 2 nitrogen and oxygen atoms in total. The van der Waals surface area contributed by atoms with Crippen molar-refractivity contribution < 1.29 is 9.90 Å². The molecular weight excluding hydrogens is 296 g/mol. The minimum absolute atomic E-state index is 0.344. The van der Waals surface area contributed by atoms with Crippen molar-refractivity contribution in [3.05, 3.63) is 0 Å². The van der Waals surface area contributed by atoms with Crippen molar-refractivity contribution in [3.8, 4) is 0 Å². The van der Waals surface area contributed by atoms with Crippen molar-refractivity contribution in [2.75, 3.05) is 0 Å². The Balaban J connectivity index is 0.000000546. The summed E-state index contributed by atoms with van der Waals surface area (Å²) < 4.78 is 0. The number of carboxylic acids is 1. The van der Waals surface area contributed by atoms with Gasteiger partial charge < -0.3 is 5.11 Å². The van der Waals surface area contributed by atoms with Crippen LogP contribution in [-0.4, -0.2) is 11.1 Å². The first-order valence-corrected chi connectivity index (χ1v) is 10.8. The number of aliphatic carboxylic acids is 1. The second-order valence-electron chi connectivity index (χ2n) is 8.06. The summed E-state index contributed by atoms with van der Waals surface area (Å²) in [7, 11) is 0. The van der Waals surface area contributed by atoms with Gasteiger partial charge in [-0.1, -0.05) is 104 Å². The standard InChI is InChI=1S/C14H28O2.C8H16/c1-2-3-4-5-6-7-8-9-10-11-12-13-14(15)16;1-7-4-3-5-8(2)6-7/h2-13H2,1H3,(H,15,16);7-8H,3-6H2,1-2H3. The average Bonchev–Trinajstić information content (AvgIpc) is 2.53. The number of carboxylic acid groups (broad SMARTS) is 1. The van der Waals surface area contributed by atoms with Crippen LogP contribution in [-0.2, 0) is 4.79 Å². The maximum absolute atomic E-state index is 10.3. The lowest BCUT2D eigenvalue weighted by atomic mass is 9.84. The third kappa shape index (κ3) is 17.8. The smallest absolute Gasteiger partial charge is 0.303 e. The first kappa shape index (κ1) is 23.5. The van der Waals surface area contributed by atoms with E-state index in [1.165, 1.54) is 83.5 Å². The van der Waals surface area contributed by atoms with Gasteiger partial charge in [-0.2, -0.15) is 0 Å². The summed E-state index contributed by atoms with van der Waals surface area (Å²) in [5.41, 5.74) is 0. The van der Waals surface area contributed by atoms with Crippen LogP contribution in [0, 0.1) is 11.8 Å². The maximum atomic E-state index is 10.3. The van der Waals surface area contributed by atoms with E-state index in [2.05, 4.69) is 20.8 Å². The highest BCUT2D eigenvalue weighted by Gasteiger charge is 2.13. The van der Waals surface area contributed by atoms with E-state index in [1.54, 1.807) is 0 Å². The van der Waals surface area contributed by atoms with Crippen LogP contribution in [0.3, 0.4) is 0 Å². The molecule has 2 heteroatoms. The number of rotatable bonds is 12. The molecule has 0 aromatic heterocycles. The van der Waals surface area contributed by atoms with Gasteiger partial charge in [0.15, 0.2) is 0 Å². The van der Waals surface area contributed by atoms with Gasteiger partial charge in [-0.25, -0.2) is 0 Å². The maximum Gasteiger partial charge on any atom is 0.303 e. The largest absolute Gasteiger partial charge is 0.481 e. The molecule has 2 atom stereocenters. The fourth-order valence-corrected chi connectivity index (χ4v) is 3.68. The van der Waals surface area contributed by atoms with Gasteiger partial charge in [0.1, 0.15) is 0 Å². The van der Waals surface area contributed by atoms with Crippen molar-refractivity contribution in [1.82, 2.24) is 0 Å². The summed E-state index contributed by atoms with van der Waals surface area (Å²) in [6.45, 7) is 6.99. The van der Waals surface area contributed by atoms with Gasteiger partial charge >= 0.3 is 5.97 Å². The van der Waals surface area contributed by atoms with E-state index in [4.69, 9.17) is 5.11 Å². The molecule has 24 heavy (non-hydrogen) atoms. The van der Waals surface area contributed by atoms with Crippen LogP contribution < -0.4 is 0 Å². The molecule has 1 rings (SSSR count). The second-order valence-corrected chi connectivity index (χ2v) is 8.06. The molecule has 0 aromatic rings. The average molecular weight is 341 g/mol. The van der Waals surface area contributed by atoms with E-state index >= 15 is 0 Å². The van der Waals surface area contributed by atoms with Crippen LogP contribution in [0.25, 0.3) is 0 Å². The molecular formula is C22H44O2. The Bertz CT molecular complexity index is 267. The zero-order valence-electron chi connectivity index (χ0n) is 16.8. The predicted octanol–water partition coefficient (Wildman–Crippen LogP) is 7.60. The molecule has 0 spiro atoms. The third-order valence-electron chi connectivity index (χ3n) is 5.19. The normalized spacial score (nSPS) is 20.3. The van der Waals surface area contributed by atoms with Gasteiger partial charge in [-0.15, -0.1) is 0 Å². The van der Waals surface area contributed by atoms with Crippen LogP contribution in [0.1, 0.15) is 124 Å². The van der Waals surface area contributed by atoms with E-state index in [9.17, 15) is 4.79 Å². The lowest BCUT2D eigenvalue weighted by Crippen LogP contribution is -2.09. The molecule has 0 radical (unpaired) electrons. The highest BCUT2D eigenvalue weighted by molar-refractivity contribution is 5.66. The summed E-state index contributed by atoms with van der Waals surface area (Å²) in [5, 5.41) is 8.46. The quantitative estimate of drug-likeness (QED) is 0.371. The van der Waals surface area contributed by atoms with Crippen molar-refractivity contribution in [2.24, 2.45) is 11.8 Å². The SMILES string of the molecule is CC1CCCC(C)C1.CCCCCCCCCCCCCC(=O)O. The molecule has 2 unspecified atom stereocenters. The highest BCUT2D eigenvalue weighted by Crippen LogP contribution is 2.27. The molecule has 1 fully saturated rings. The van der Waals surface area contributed by atoms with Gasteiger partial charge in [-0.05, 0) is 24.7 Å². The van der Waals surface area contributed by atoms with Crippen LogP contribution in [0.15, 0.2) is 0 Å². The summed E-state index contributed by atoms with van der Waals surface area (Å²) in [6, 6.07) is 0. The minimum Gasteiger partial charge on any atom is -0.481 e. The van der Waals surface area contributed by atoms with Gasteiger partial charge in [0.2, 0.25) is 0 Å². The van der Waals surface area contributed by atoms with E-state index in [-0.39, 0.29) is 0 Å². The van der Waals surface area contributed by atoms with E-state index in [0.29, 0.717) is 6.42 Å². The molecule has 0 bridgehead atoms. The van der Waals surface area contributed by atoms with Gasteiger partial charge in [-0.3, -0.25) is 4.79 Å². The Hall–Kier alpha value is -0.530. The monoisotopic (exact) mass is 340 g/mol. The van der Waals surface area contributed by atoms with E-state index in [1.807, 2.05) is 0 Å². The zero-order chi connectivity index (χ0) is 18.0. The van der Waals surface area contributed by atoms with Crippen molar-refractivity contribution >= 4 is 5.97 Å². The highest BCUT2D eigenvalue weighted by atomic mass is 16.4. The Morgan fingerprint density at radius 2 is 1.21 bits per heavy atom. The fourth-order valence-electron chi connectivity index (χ4n) is 3.68. The van der Waals surface area contributed by atoms with Crippen molar-refractivity contribution in [3.63, 3.8) is 0 Å².